The van der Waals surface area contributed by atoms with Gasteiger partial charge in [-0.1, -0.05) is 5.21 Å². The molecule has 7 heterocycles. The van der Waals surface area contributed by atoms with E-state index in [0.717, 1.165) is 41.3 Å². The van der Waals surface area contributed by atoms with Crippen molar-refractivity contribution in [3.8, 4) is 23.0 Å². The van der Waals surface area contributed by atoms with Crippen LogP contribution in [-0.4, -0.2) is 63.4 Å². The van der Waals surface area contributed by atoms with Crippen LogP contribution in [0.5, 0.6) is 0 Å². The molecule has 1 fully saturated rings. The van der Waals surface area contributed by atoms with Gasteiger partial charge in [-0.25, -0.2) is 19.9 Å². The van der Waals surface area contributed by atoms with E-state index in [4.69, 9.17) is 4.98 Å². The standard InChI is InChI=1S/C17H17N7.C5H4N4/c1-2-9-24(10-3-1)17-13-11(6-8-18-13)20-16(23-17)15-21-12-5-4-7-19-14(12)22-15;1-2-4-5(6-3-1)8-9-7-4/h4-8H,1-3,9-10H2,(H,20,23)(H,19,21,22);1-3H,(H,6,7,8,9). The lowest BCUT2D eigenvalue weighted by Gasteiger charge is -2.29. The summed E-state index contributed by atoms with van der Waals surface area (Å²) < 4.78 is 0. The summed E-state index contributed by atoms with van der Waals surface area (Å²) in [4.78, 5) is 31.1. The summed E-state index contributed by atoms with van der Waals surface area (Å²) in [6.07, 6.45) is 8.94. The zero-order valence-corrected chi connectivity index (χ0v) is 17.7. The summed E-state index contributed by atoms with van der Waals surface area (Å²) in [5, 5.41) is 9.96. The summed E-state index contributed by atoms with van der Waals surface area (Å²) in [6, 6.07) is 9.55. The summed E-state index contributed by atoms with van der Waals surface area (Å²) in [5.41, 5.74) is 5.05. The molecule has 7 rings (SSSR count). The third kappa shape index (κ3) is 3.73. The Morgan fingerprint density at radius 1 is 0.727 bits per heavy atom. The third-order valence-electron chi connectivity index (χ3n) is 5.62. The molecule has 3 N–H and O–H groups in total. The van der Waals surface area contributed by atoms with Crippen molar-refractivity contribution in [3.63, 3.8) is 0 Å². The molecular weight excluding hydrogens is 418 g/mol. The summed E-state index contributed by atoms with van der Waals surface area (Å²) in [6.45, 7) is 2.06. The highest BCUT2D eigenvalue weighted by atomic mass is 15.3. The maximum Gasteiger partial charge on any atom is 0.201 e. The summed E-state index contributed by atoms with van der Waals surface area (Å²) in [7, 11) is 0. The van der Waals surface area contributed by atoms with Crippen LogP contribution in [0.1, 0.15) is 19.3 Å². The number of H-pyrrole nitrogens is 3. The average molecular weight is 439 g/mol. The molecule has 0 aromatic carbocycles. The molecule has 0 bridgehead atoms. The molecule has 11 nitrogen and oxygen atoms in total. The second kappa shape index (κ2) is 8.26. The van der Waals surface area contributed by atoms with E-state index in [2.05, 4.69) is 50.2 Å². The van der Waals surface area contributed by atoms with Gasteiger partial charge in [-0.15, -0.1) is 5.10 Å². The van der Waals surface area contributed by atoms with Crippen LogP contribution in [0.25, 0.3) is 45.4 Å². The highest BCUT2D eigenvalue weighted by Gasteiger charge is 2.22. The van der Waals surface area contributed by atoms with Gasteiger partial charge in [-0.3, -0.25) is 10.1 Å². The minimum absolute atomic E-state index is 0.664. The predicted molar refractivity (Wildman–Crippen MR) is 124 cm³/mol. The van der Waals surface area contributed by atoms with E-state index < -0.39 is 0 Å². The van der Waals surface area contributed by atoms with E-state index in [1.807, 2.05) is 36.5 Å². The van der Waals surface area contributed by atoms with E-state index in [0.29, 0.717) is 22.9 Å². The first-order valence-corrected chi connectivity index (χ1v) is 10.9. The number of hydrogen-bond acceptors (Lipinski definition) is 8. The largest absolute Gasteiger partial charge is 0.355 e. The molecule has 3 aliphatic heterocycles. The number of hydrogen-bond donors (Lipinski definition) is 3. The highest BCUT2D eigenvalue weighted by molar-refractivity contribution is 5.77. The van der Waals surface area contributed by atoms with Gasteiger partial charge in [0.2, 0.25) is 5.65 Å². The van der Waals surface area contributed by atoms with Crippen LogP contribution in [0.15, 0.2) is 48.9 Å². The smallest absolute Gasteiger partial charge is 0.201 e. The predicted octanol–water partition coefficient (Wildman–Crippen LogP) is 3.19. The Labute approximate surface area is 188 Å². The molecule has 0 spiro atoms. The Balaban J connectivity index is 0.000000192. The van der Waals surface area contributed by atoms with Gasteiger partial charge in [0.05, 0.1) is 11.2 Å². The lowest BCUT2D eigenvalue weighted by molar-refractivity contribution is 0.573. The van der Waals surface area contributed by atoms with Crippen LogP contribution in [-0.2, 0) is 0 Å². The number of pyridine rings is 2. The Morgan fingerprint density at radius 3 is 2.33 bits per heavy atom. The first-order valence-electron chi connectivity index (χ1n) is 10.9. The molecule has 11 heteroatoms. The number of anilines is 1. The van der Waals surface area contributed by atoms with Gasteiger partial charge in [0.25, 0.3) is 0 Å². The second-order valence-corrected chi connectivity index (χ2v) is 7.81. The summed E-state index contributed by atoms with van der Waals surface area (Å²) in [5.74, 6) is 2.36. The van der Waals surface area contributed by atoms with E-state index in [1.54, 1.807) is 12.4 Å². The molecule has 0 saturated carbocycles. The number of nitrogens with zero attached hydrogens (tertiary/aromatic N) is 8. The molecule has 0 aliphatic carbocycles. The van der Waals surface area contributed by atoms with Crippen LogP contribution in [0.4, 0.5) is 5.82 Å². The van der Waals surface area contributed by atoms with Gasteiger partial charge >= 0.3 is 0 Å². The van der Waals surface area contributed by atoms with E-state index in [9.17, 15) is 0 Å². The van der Waals surface area contributed by atoms with Crippen molar-refractivity contribution in [1.82, 2.24) is 50.3 Å². The molecule has 33 heavy (non-hydrogen) atoms. The second-order valence-electron chi connectivity index (χ2n) is 7.81. The van der Waals surface area contributed by atoms with E-state index >= 15 is 0 Å². The zero-order chi connectivity index (χ0) is 22.0. The Kier molecular flexibility index (Phi) is 4.83. The highest BCUT2D eigenvalue weighted by Crippen LogP contribution is 2.32. The first kappa shape index (κ1) is 19.3. The van der Waals surface area contributed by atoms with Crippen molar-refractivity contribution in [2.45, 2.75) is 19.3 Å². The third-order valence-corrected chi connectivity index (χ3v) is 5.62. The van der Waals surface area contributed by atoms with Gasteiger partial charge in [-0.05, 0) is 49.6 Å². The lowest BCUT2D eigenvalue weighted by atomic mass is 10.1. The minimum atomic E-state index is 0.664. The minimum Gasteiger partial charge on any atom is -0.355 e. The molecule has 0 atom stereocenters. The molecular formula is C22H21N11. The number of nitrogens with one attached hydrogen (secondary N) is 3. The maximum atomic E-state index is 4.85. The van der Waals surface area contributed by atoms with Crippen LogP contribution in [0.3, 0.4) is 0 Å². The van der Waals surface area contributed by atoms with Crippen LogP contribution >= 0.6 is 0 Å². The van der Waals surface area contributed by atoms with Crippen molar-refractivity contribution in [2.24, 2.45) is 0 Å². The number of aromatic nitrogens is 10. The van der Waals surface area contributed by atoms with Gasteiger partial charge in [0.15, 0.2) is 23.1 Å². The monoisotopic (exact) mass is 439 g/mol. The molecule has 164 valence electrons. The van der Waals surface area contributed by atoms with Gasteiger partial charge < -0.3 is 14.9 Å². The topological polar surface area (TPSA) is 141 Å². The fourth-order valence-corrected chi connectivity index (χ4v) is 4.01. The number of fused-ring (bicyclic) bond motifs is 3. The lowest BCUT2D eigenvalue weighted by Crippen LogP contribution is -2.31. The number of aromatic amines is 3. The maximum absolute atomic E-state index is 4.85. The molecule has 1 saturated heterocycles. The molecule has 4 aromatic rings. The van der Waals surface area contributed by atoms with Crippen molar-refractivity contribution in [1.29, 1.82) is 0 Å². The zero-order valence-electron chi connectivity index (χ0n) is 17.7. The van der Waals surface area contributed by atoms with Gasteiger partial charge in [0, 0.05) is 31.7 Å². The van der Waals surface area contributed by atoms with Gasteiger partial charge in [0.1, 0.15) is 11.2 Å². The molecule has 4 aromatic heterocycles. The fourth-order valence-electron chi connectivity index (χ4n) is 4.01. The molecule has 0 unspecified atom stereocenters. The molecule has 0 amide bonds. The number of rotatable bonds is 2. The number of piperidine rings is 1. The van der Waals surface area contributed by atoms with Crippen LogP contribution in [0, 0.1) is 0 Å². The quantitative estimate of drug-likeness (QED) is 0.373. The van der Waals surface area contributed by atoms with E-state index in [-0.39, 0.29) is 0 Å². The van der Waals surface area contributed by atoms with Gasteiger partial charge in [-0.2, -0.15) is 0 Å². The van der Waals surface area contributed by atoms with Crippen LogP contribution < -0.4 is 4.90 Å². The molecule has 3 aliphatic rings. The van der Waals surface area contributed by atoms with Crippen molar-refractivity contribution in [2.75, 3.05) is 18.0 Å². The fraction of sp³-hybridized carbons (Fsp3) is 0.227. The molecule has 0 radical (unpaired) electrons. The Bertz CT molecular complexity index is 1410. The Hall–Kier alpha value is -4.41. The normalized spacial score (nSPS) is 14.0. The summed E-state index contributed by atoms with van der Waals surface area (Å²) >= 11 is 0. The SMILES string of the molecule is c1cnc2nc(-c3nc(N4CCCCC4)c4nccc-4[nH]3)[nH]c2c1.c1cnc2nn[nH]c2c1. The van der Waals surface area contributed by atoms with Crippen molar-refractivity contribution >= 4 is 28.1 Å². The van der Waals surface area contributed by atoms with Crippen LogP contribution in [0.2, 0.25) is 0 Å². The Morgan fingerprint density at radius 2 is 1.52 bits per heavy atom. The number of imidazole rings is 1. The first-order chi connectivity index (χ1) is 16.3. The van der Waals surface area contributed by atoms with Crippen molar-refractivity contribution in [3.05, 3.63) is 48.9 Å². The average Bonchev–Trinajstić information content (AvgIpc) is 3.63. The van der Waals surface area contributed by atoms with Crippen molar-refractivity contribution < 1.29 is 0 Å². The van der Waals surface area contributed by atoms with E-state index in [1.165, 1.54) is 19.3 Å².